The van der Waals surface area contributed by atoms with Crippen LogP contribution < -0.4 is 0 Å². The summed E-state index contributed by atoms with van der Waals surface area (Å²) >= 11 is 17.1. The lowest BCUT2D eigenvalue weighted by atomic mass is 9.96. The highest BCUT2D eigenvalue weighted by atomic mass is 35.5. The van der Waals surface area contributed by atoms with E-state index in [0.29, 0.717) is 0 Å². The molecule has 1 aromatic carbocycles. The summed E-state index contributed by atoms with van der Waals surface area (Å²) in [5.41, 5.74) is 0.0315. The molecule has 0 saturated heterocycles. The summed E-state index contributed by atoms with van der Waals surface area (Å²) in [4.78, 5) is 0. The van der Waals surface area contributed by atoms with Crippen molar-refractivity contribution in [3.63, 3.8) is 0 Å². The van der Waals surface area contributed by atoms with Gasteiger partial charge in [0.1, 0.15) is 6.61 Å². The van der Waals surface area contributed by atoms with Crippen molar-refractivity contribution in [2.24, 2.45) is 0 Å². The summed E-state index contributed by atoms with van der Waals surface area (Å²) in [6.45, 7) is -0.691. The van der Waals surface area contributed by atoms with Crippen LogP contribution in [0.5, 0.6) is 0 Å². The van der Waals surface area contributed by atoms with Crippen LogP contribution in [0.15, 0.2) is 23.7 Å². The van der Waals surface area contributed by atoms with Gasteiger partial charge in [-0.05, 0) is 12.1 Å². The van der Waals surface area contributed by atoms with Crippen LogP contribution in [0.25, 0.3) is 0 Å². The lowest BCUT2D eigenvalue weighted by molar-refractivity contribution is -0.233. The molecule has 1 aliphatic carbocycles. The molecule has 0 saturated carbocycles. The van der Waals surface area contributed by atoms with E-state index in [0.717, 1.165) is 0 Å². The SMILES string of the molecule is FC1=C(OCc2c(Cl)cc(Cl)cc2Cl)C(F)(F)C1(F)F. The zero-order valence-electron chi connectivity index (χ0n) is 9.29. The van der Waals surface area contributed by atoms with E-state index in [1.165, 1.54) is 12.1 Å². The zero-order chi connectivity index (χ0) is 15.3. The quantitative estimate of drug-likeness (QED) is 0.640. The number of alkyl halides is 4. The van der Waals surface area contributed by atoms with Crippen LogP contribution in [0.3, 0.4) is 0 Å². The minimum atomic E-state index is -4.85. The fourth-order valence-electron chi connectivity index (χ4n) is 1.51. The summed E-state index contributed by atoms with van der Waals surface area (Å²) in [6, 6.07) is 2.51. The Morgan fingerprint density at radius 1 is 0.950 bits per heavy atom. The lowest BCUT2D eigenvalue weighted by Crippen LogP contribution is -2.53. The van der Waals surface area contributed by atoms with Crippen molar-refractivity contribution in [2.45, 2.75) is 18.5 Å². The molecule has 0 atom stereocenters. The molecule has 0 bridgehead atoms. The molecule has 20 heavy (non-hydrogen) atoms. The van der Waals surface area contributed by atoms with Crippen molar-refractivity contribution in [1.82, 2.24) is 0 Å². The van der Waals surface area contributed by atoms with Crippen molar-refractivity contribution >= 4 is 34.8 Å². The lowest BCUT2D eigenvalue weighted by Gasteiger charge is -2.35. The number of ether oxygens (including phenoxy) is 1. The summed E-state index contributed by atoms with van der Waals surface area (Å²) in [5.74, 6) is -13.6. The second kappa shape index (κ2) is 4.93. The Morgan fingerprint density at radius 2 is 1.45 bits per heavy atom. The van der Waals surface area contributed by atoms with E-state index >= 15 is 0 Å². The molecular formula is C11H4Cl3F5O. The second-order valence-electron chi connectivity index (χ2n) is 3.93. The highest BCUT2D eigenvalue weighted by Gasteiger charge is 2.74. The maximum atomic E-state index is 12.9. The number of rotatable bonds is 3. The molecule has 0 radical (unpaired) electrons. The summed E-state index contributed by atoms with van der Waals surface area (Å²) in [7, 11) is 0. The number of hydrogen-bond donors (Lipinski definition) is 0. The molecule has 9 heteroatoms. The van der Waals surface area contributed by atoms with E-state index in [4.69, 9.17) is 34.8 Å². The Morgan fingerprint density at radius 3 is 1.90 bits per heavy atom. The van der Waals surface area contributed by atoms with E-state index in [1.807, 2.05) is 0 Å². The van der Waals surface area contributed by atoms with Crippen LogP contribution >= 0.6 is 34.8 Å². The molecule has 0 heterocycles. The van der Waals surface area contributed by atoms with Gasteiger partial charge in [0.2, 0.25) is 11.6 Å². The van der Waals surface area contributed by atoms with Gasteiger partial charge in [-0.1, -0.05) is 34.8 Å². The highest BCUT2D eigenvalue weighted by molar-refractivity contribution is 6.39. The maximum Gasteiger partial charge on any atom is 0.375 e. The Hall–Kier alpha value is -0.720. The van der Waals surface area contributed by atoms with E-state index in [9.17, 15) is 22.0 Å². The zero-order valence-corrected chi connectivity index (χ0v) is 11.6. The van der Waals surface area contributed by atoms with Gasteiger partial charge in [-0.25, -0.2) is 4.39 Å². The second-order valence-corrected chi connectivity index (χ2v) is 5.18. The van der Waals surface area contributed by atoms with E-state index in [-0.39, 0.29) is 20.6 Å². The third-order valence-electron chi connectivity index (χ3n) is 2.62. The molecule has 1 aliphatic rings. The third-order valence-corrected chi connectivity index (χ3v) is 3.51. The fourth-order valence-corrected chi connectivity index (χ4v) is 2.43. The van der Waals surface area contributed by atoms with Gasteiger partial charge in [0.15, 0.2) is 0 Å². The molecule has 110 valence electrons. The van der Waals surface area contributed by atoms with Crippen molar-refractivity contribution in [1.29, 1.82) is 0 Å². The van der Waals surface area contributed by atoms with Gasteiger partial charge in [-0.15, -0.1) is 0 Å². The number of benzene rings is 1. The molecule has 2 rings (SSSR count). The molecule has 0 N–H and O–H groups in total. The summed E-state index contributed by atoms with van der Waals surface area (Å²) in [6.07, 6.45) is 0. The fraction of sp³-hybridized carbons (Fsp3) is 0.273. The van der Waals surface area contributed by atoms with Crippen LogP contribution in [0.2, 0.25) is 15.1 Å². The highest BCUT2D eigenvalue weighted by Crippen LogP contribution is 2.56. The minimum absolute atomic E-state index is 0.0158. The standard InChI is InChI=1S/C11H4Cl3F5O/c12-4-1-6(13)5(7(14)2-4)3-20-9-8(15)10(16,17)11(9,18)19/h1-2H,3H2. The Kier molecular flexibility index (Phi) is 3.86. The maximum absolute atomic E-state index is 12.9. The predicted octanol–water partition coefficient (Wildman–Crippen LogP) is 5.63. The van der Waals surface area contributed by atoms with Crippen molar-refractivity contribution in [2.75, 3.05) is 0 Å². The van der Waals surface area contributed by atoms with Gasteiger partial charge in [-0.3, -0.25) is 0 Å². The Labute approximate surface area is 124 Å². The largest absolute Gasteiger partial charge is 0.484 e. The molecule has 0 amide bonds. The molecular weight excluding hydrogens is 349 g/mol. The van der Waals surface area contributed by atoms with Gasteiger partial charge in [0.25, 0.3) is 0 Å². The third kappa shape index (κ3) is 2.23. The topological polar surface area (TPSA) is 9.23 Å². The summed E-state index contributed by atoms with van der Waals surface area (Å²) < 4.78 is 68.3. The average molecular weight is 354 g/mol. The molecule has 0 aliphatic heterocycles. The first-order valence-corrected chi connectivity index (χ1v) is 6.15. The smallest absolute Gasteiger partial charge is 0.375 e. The van der Waals surface area contributed by atoms with Crippen molar-refractivity contribution < 1.29 is 26.7 Å². The van der Waals surface area contributed by atoms with E-state index in [1.54, 1.807) is 0 Å². The molecule has 0 aromatic heterocycles. The summed E-state index contributed by atoms with van der Waals surface area (Å²) in [5, 5.41) is 0.158. The molecule has 0 fully saturated rings. The predicted molar refractivity (Wildman–Crippen MR) is 64.3 cm³/mol. The minimum Gasteiger partial charge on any atom is -0.484 e. The molecule has 0 unspecified atom stereocenters. The molecule has 1 aromatic rings. The first kappa shape index (κ1) is 15.7. The Bertz CT molecular complexity index is 577. The van der Waals surface area contributed by atoms with Gasteiger partial charge in [0, 0.05) is 10.6 Å². The van der Waals surface area contributed by atoms with Crippen LogP contribution in [0, 0.1) is 0 Å². The van der Waals surface area contributed by atoms with Crippen molar-refractivity contribution in [3.8, 4) is 0 Å². The molecule has 1 nitrogen and oxygen atoms in total. The first-order valence-electron chi connectivity index (χ1n) is 5.01. The number of halogens is 8. The van der Waals surface area contributed by atoms with Gasteiger partial charge < -0.3 is 4.74 Å². The van der Waals surface area contributed by atoms with Gasteiger partial charge in [-0.2, -0.15) is 17.6 Å². The average Bonchev–Trinajstić information content (AvgIpc) is 2.31. The van der Waals surface area contributed by atoms with Gasteiger partial charge in [0.05, 0.1) is 10.0 Å². The van der Waals surface area contributed by atoms with Gasteiger partial charge >= 0.3 is 11.8 Å². The number of hydrogen-bond acceptors (Lipinski definition) is 1. The number of allylic oxidation sites excluding steroid dienone is 2. The monoisotopic (exact) mass is 352 g/mol. The van der Waals surface area contributed by atoms with Crippen LogP contribution in [0.1, 0.15) is 5.56 Å². The van der Waals surface area contributed by atoms with E-state index in [2.05, 4.69) is 4.74 Å². The van der Waals surface area contributed by atoms with Crippen LogP contribution in [-0.4, -0.2) is 11.8 Å². The Balaban J connectivity index is 2.22. The van der Waals surface area contributed by atoms with Crippen LogP contribution in [0.4, 0.5) is 22.0 Å². The molecule has 0 spiro atoms. The normalized spacial score (nSPS) is 19.8. The van der Waals surface area contributed by atoms with Crippen molar-refractivity contribution in [3.05, 3.63) is 44.4 Å². The van der Waals surface area contributed by atoms with E-state index < -0.39 is 30.0 Å². The van der Waals surface area contributed by atoms with Crippen LogP contribution in [-0.2, 0) is 11.3 Å². The first-order chi connectivity index (χ1) is 9.09.